The van der Waals surface area contributed by atoms with Crippen LogP contribution in [0.15, 0.2) is 0 Å². The summed E-state index contributed by atoms with van der Waals surface area (Å²) in [6.45, 7) is 9.83. The summed E-state index contributed by atoms with van der Waals surface area (Å²) in [7, 11) is 0. The molecule has 0 saturated carbocycles. The number of imide groups is 2. The van der Waals surface area contributed by atoms with Gasteiger partial charge < -0.3 is 38.6 Å². The van der Waals surface area contributed by atoms with Crippen LogP contribution in [0.25, 0.3) is 0 Å². The van der Waals surface area contributed by atoms with Crippen molar-refractivity contribution < 1.29 is 71.6 Å². The number of rotatable bonds is 29. The van der Waals surface area contributed by atoms with E-state index in [-0.39, 0.29) is 114 Å². The van der Waals surface area contributed by atoms with Gasteiger partial charge in [-0.3, -0.25) is 38.5 Å². The van der Waals surface area contributed by atoms with Crippen molar-refractivity contribution in [3.8, 4) is 0 Å². The van der Waals surface area contributed by atoms with Crippen LogP contribution in [-0.2, 0) is 71.6 Å². The lowest BCUT2D eigenvalue weighted by molar-refractivity contribution is -0.198. The molecule has 1 N–H and O–H groups in total. The zero-order valence-electron chi connectivity index (χ0n) is 31.5. The van der Waals surface area contributed by atoms with E-state index in [4.69, 9.17) is 33.3 Å². The highest BCUT2D eigenvalue weighted by Gasteiger charge is 2.38. The van der Waals surface area contributed by atoms with E-state index in [2.05, 4.69) is 17.9 Å². The smallest absolute Gasteiger partial charge is 0.335 e. The van der Waals surface area contributed by atoms with Crippen LogP contribution in [0.4, 0.5) is 0 Å². The van der Waals surface area contributed by atoms with Gasteiger partial charge in [0.25, 0.3) is 11.8 Å². The highest BCUT2D eigenvalue weighted by Crippen LogP contribution is 2.25. The van der Waals surface area contributed by atoms with Crippen molar-refractivity contribution in [2.75, 3.05) is 90.7 Å². The van der Waals surface area contributed by atoms with Gasteiger partial charge >= 0.3 is 5.97 Å². The van der Waals surface area contributed by atoms with Gasteiger partial charge in [-0.1, -0.05) is 0 Å². The van der Waals surface area contributed by atoms with Crippen molar-refractivity contribution in [3.63, 3.8) is 0 Å². The van der Waals surface area contributed by atoms with Crippen molar-refractivity contribution in [3.05, 3.63) is 0 Å². The summed E-state index contributed by atoms with van der Waals surface area (Å²) in [4.78, 5) is 99.0. The summed E-state index contributed by atoms with van der Waals surface area (Å²) in [6.07, 6.45) is -0.812. The van der Waals surface area contributed by atoms with E-state index in [1.165, 1.54) is 25.6 Å². The first-order valence-electron chi connectivity index (χ1n) is 17.7. The zero-order chi connectivity index (χ0) is 40.3. The maximum atomic E-state index is 12.6. The van der Waals surface area contributed by atoms with E-state index in [9.17, 15) is 38.4 Å². The molecule has 308 valence electrons. The lowest BCUT2D eigenvalue weighted by Gasteiger charge is -2.15. The Bertz CT molecular complexity index is 1210. The molecule has 2 heterocycles. The average molecular weight is 810 g/mol. The third kappa shape index (κ3) is 21.8. The number of ether oxygens (including phenoxy) is 6. The Morgan fingerprint density at radius 1 is 0.741 bits per heavy atom. The molecule has 0 spiro atoms. The minimum Gasteiger partial charge on any atom is -0.378 e. The van der Waals surface area contributed by atoms with Gasteiger partial charge in [0, 0.05) is 50.3 Å². The van der Waals surface area contributed by atoms with E-state index in [1.54, 1.807) is 13.8 Å². The molecule has 20 heteroatoms. The van der Waals surface area contributed by atoms with Crippen LogP contribution < -0.4 is 5.32 Å². The summed E-state index contributed by atoms with van der Waals surface area (Å²) in [5, 5.41) is 2.63. The fourth-order valence-electron chi connectivity index (χ4n) is 4.19. The van der Waals surface area contributed by atoms with Crippen LogP contribution in [0.5, 0.6) is 0 Å². The zero-order valence-corrected chi connectivity index (χ0v) is 33.3. The van der Waals surface area contributed by atoms with Crippen LogP contribution in [0.2, 0.25) is 0 Å². The fraction of sp³-hybridized carbons (Fsp3) is 0.765. The standard InChI is InChI=1S/C26H39N3O12S.C8H16O3S/c1-18(30)19(2)40-14-13-39-15-16-42-20-17-24(34)28(26(20)36)8-5-21(31)27-7-10-38-12-11-37-9-6-25(35)41-29-22(32)3-4-23(29)33;1-7(9)8(2)11-4-3-10-5-6-12/h19-20H,3-17H2,1-2H3,(H,27,31);8,12H,3-6H2,1-2H3/t19-,20?;8-/m00/s1. The molecular weight excluding hydrogens is 755 g/mol. The van der Waals surface area contributed by atoms with Crippen LogP contribution in [0, 0.1) is 0 Å². The predicted octanol–water partition coefficient (Wildman–Crippen LogP) is 0.322. The molecule has 0 aromatic heterocycles. The van der Waals surface area contributed by atoms with E-state index in [0.29, 0.717) is 49.6 Å². The van der Waals surface area contributed by atoms with Crippen LogP contribution >= 0.6 is 24.4 Å². The molecule has 2 fully saturated rings. The Hall–Kier alpha value is -2.98. The van der Waals surface area contributed by atoms with Crippen molar-refractivity contribution >= 4 is 71.5 Å². The summed E-state index contributed by atoms with van der Waals surface area (Å²) >= 11 is 5.30. The van der Waals surface area contributed by atoms with Crippen LogP contribution in [0.1, 0.15) is 59.8 Å². The lowest BCUT2D eigenvalue weighted by atomic mass is 10.3. The minimum atomic E-state index is -0.751. The number of thioether (sulfide) groups is 1. The molecule has 2 aliphatic heterocycles. The summed E-state index contributed by atoms with van der Waals surface area (Å²) < 4.78 is 31.6. The Morgan fingerprint density at radius 3 is 1.85 bits per heavy atom. The molecular formula is C34H55N3O15S2. The van der Waals surface area contributed by atoms with E-state index in [0.717, 1.165) is 4.90 Å². The van der Waals surface area contributed by atoms with Crippen molar-refractivity contribution in [2.24, 2.45) is 0 Å². The Morgan fingerprint density at radius 2 is 1.28 bits per heavy atom. The van der Waals surface area contributed by atoms with E-state index in [1.807, 2.05) is 0 Å². The van der Waals surface area contributed by atoms with E-state index < -0.39 is 29.1 Å². The molecule has 0 bridgehead atoms. The molecule has 3 atom stereocenters. The maximum Gasteiger partial charge on any atom is 0.335 e. The molecule has 0 aliphatic carbocycles. The molecule has 2 saturated heterocycles. The Kier molecular flexibility index (Phi) is 26.6. The largest absolute Gasteiger partial charge is 0.378 e. The number of amides is 5. The minimum absolute atomic E-state index is 0.0000552. The number of hydrogen-bond donors (Lipinski definition) is 2. The number of hydrogen-bond acceptors (Lipinski definition) is 17. The number of carbonyl (C=O) groups excluding carboxylic acids is 8. The first-order valence-corrected chi connectivity index (χ1v) is 19.4. The van der Waals surface area contributed by atoms with Gasteiger partial charge in [0.2, 0.25) is 17.7 Å². The molecule has 2 aliphatic rings. The van der Waals surface area contributed by atoms with Gasteiger partial charge in [-0.05, 0) is 27.7 Å². The fourth-order valence-corrected chi connectivity index (χ4v) is 5.34. The number of thiol groups is 1. The first kappa shape index (κ1) is 49.0. The second kappa shape index (κ2) is 29.3. The number of Topliss-reactive ketones (excluding diaryl/α,β-unsaturated/α-hetero) is 2. The topological polar surface area (TPSA) is 220 Å². The second-order valence-electron chi connectivity index (χ2n) is 11.8. The molecule has 1 unspecified atom stereocenters. The van der Waals surface area contributed by atoms with Gasteiger partial charge in [-0.2, -0.15) is 12.6 Å². The third-order valence-corrected chi connectivity index (χ3v) is 8.83. The van der Waals surface area contributed by atoms with Gasteiger partial charge in [0.05, 0.1) is 77.7 Å². The summed E-state index contributed by atoms with van der Waals surface area (Å²) in [6, 6.07) is 0. The number of hydroxylamine groups is 2. The van der Waals surface area contributed by atoms with Crippen molar-refractivity contribution in [2.45, 2.75) is 77.3 Å². The monoisotopic (exact) mass is 809 g/mol. The average Bonchev–Trinajstić information content (AvgIpc) is 3.59. The number of carbonyl (C=O) groups is 8. The van der Waals surface area contributed by atoms with Crippen LogP contribution in [0.3, 0.4) is 0 Å². The Balaban J connectivity index is 0.00000104. The second-order valence-corrected chi connectivity index (χ2v) is 13.5. The number of nitrogens with one attached hydrogen (secondary N) is 1. The molecule has 2 rings (SSSR count). The molecule has 5 amide bonds. The number of nitrogens with zero attached hydrogens (tertiary/aromatic N) is 2. The maximum absolute atomic E-state index is 12.6. The molecule has 0 aromatic rings. The third-order valence-electron chi connectivity index (χ3n) is 7.47. The Labute approximate surface area is 325 Å². The molecule has 54 heavy (non-hydrogen) atoms. The first-order chi connectivity index (χ1) is 25.8. The summed E-state index contributed by atoms with van der Waals surface area (Å²) in [5.74, 6) is -1.58. The quantitative estimate of drug-likeness (QED) is 0.0591. The van der Waals surface area contributed by atoms with Gasteiger partial charge in [0.15, 0.2) is 11.6 Å². The normalized spacial score (nSPS) is 16.6. The van der Waals surface area contributed by atoms with Crippen LogP contribution in [-0.4, -0.2) is 165 Å². The van der Waals surface area contributed by atoms with Gasteiger partial charge in [-0.25, -0.2) is 4.79 Å². The predicted molar refractivity (Wildman–Crippen MR) is 196 cm³/mol. The van der Waals surface area contributed by atoms with E-state index >= 15 is 0 Å². The highest BCUT2D eigenvalue weighted by molar-refractivity contribution is 8.00. The molecule has 0 aromatic carbocycles. The SMILES string of the molecule is CC(=O)[C@H](C)OCCOCCS.CC(=O)[C@H](C)OCCOCCSC1CC(=O)N(CCC(=O)NCCOCCOCCC(=O)ON2C(=O)CCC2=O)C1=O. The molecule has 18 nitrogen and oxygen atoms in total. The van der Waals surface area contributed by atoms with Crippen molar-refractivity contribution in [1.82, 2.24) is 15.3 Å². The van der Waals surface area contributed by atoms with Crippen molar-refractivity contribution in [1.29, 1.82) is 0 Å². The number of likely N-dealkylation sites (tertiary alicyclic amines) is 1. The summed E-state index contributed by atoms with van der Waals surface area (Å²) in [5.41, 5.74) is 0. The lowest BCUT2D eigenvalue weighted by Crippen LogP contribution is -2.36. The number of ketones is 2. The molecule has 0 radical (unpaired) electrons. The van der Waals surface area contributed by atoms with Gasteiger partial charge in [0.1, 0.15) is 12.2 Å². The highest BCUT2D eigenvalue weighted by atomic mass is 32.2. The van der Waals surface area contributed by atoms with Gasteiger partial charge in [-0.15, -0.1) is 16.8 Å².